The van der Waals surface area contributed by atoms with Gasteiger partial charge in [0.1, 0.15) is 0 Å². The molecule has 0 radical (unpaired) electrons. The van der Waals surface area contributed by atoms with E-state index in [4.69, 9.17) is 0 Å². The molecular formula is C16H19IN2. The highest BCUT2D eigenvalue weighted by Gasteiger charge is 2.11. The maximum atomic E-state index is 4.27. The van der Waals surface area contributed by atoms with Crippen LogP contribution in [-0.4, -0.2) is 11.5 Å². The van der Waals surface area contributed by atoms with Crippen LogP contribution in [0.25, 0.3) is 0 Å². The lowest BCUT2D eigenvalue weighted by Crippen LogP contribution is -2.23. The van der Waals surface area contributed by atoms with Gasteiger partial charge in [-0.05, 0) is 77.9 Å². The van der Waals surface area contributed by atoms with Crippen molar-refractivity contribution in [3.63, 3.8) is 0 Å². The van der Waals surface area contributed by atoms with E-state index in [9.17, 15) is 0 Å². The molecule has 2 nitrogen and oxygen atoms in total. The zero-order chi connectivity index (χ0) is 13.7. The van der Waals surface area contributed by atoms with Crippen molar-refractivity contribution < 1.29 is 0 Å². The fourth-order valence-electron chi connectivity index (χ4n) is 2.19. The molecule has 2 rings (SSSR count). The van der Waals surface area contributed by atoms with Gasteiger partial charge in [-0.2, -0.15) is 0 Å². The fourth-order valence-corrected chi connectivity index (χ4v) is 2.55. The van der Waals surface area contributed by atoms with E-state index < -0.39 is 0 Å². The number of hydrogen-bond acceptors (Lipinski definition) is 2. The molecule has 3 heteroatoms. The summed E-state index contributed by atoms with van der Waals surface area (Å²) in [5.41, 5.74) is 3.75. The molecular weight excluding hydrogens is 347 g/mol. The Hall–Kier alpha value is -0.940. The molecule has 1 atom stereocenters. The molecule has 1 heterocycles. The largest absolute Gasteiger partial charge is 0.310 e. The van der Waals surface area contributed by atoms with Crippen molar-refractivity contribution in [1.82, 2.24) is 10.3 Å². The Morgan fingerprint density at radius 1 is 1.21 bits per heavy atom. The number of pyridine rings is 1. The third-order valence-electron chi connectivity index (χ3n) is 3.13. The Bertz CT molecular complexity index is 523. The SMILES string of the molecule is CCNC(Cc1ccc(I)cc1)c1ccnc(C)c1. The number of halogens is 1. The van der Waals surface area contributed by atoms with Gasteiger partial charge in [-0.1, -0.05) is 19.1 Å². The van der Waals surface area contributed by atoms with Gasteiger partial charge in [-0.3, -0.25) is 4.98 Å². The summed E-state index contributed by atoms with van der Waals surface area (Å²) in [4.78, 5) is 4.27. The van der Waals surface area contributed by atoms with E-state index in [1.807, 2.05) is 13.1 Å². The van der Waals surface area contributed by atoms with Crippen molar-refractivity contribution in [2.24, 2.45) is 0 Å². The van der Waals surface area contributed by atoms with Crippen molar-refractivity contribution in [2.45, 2.75) is 26.3 Å². The number of aromatic nitrogens is 1. The summed E-state index contributed by atoms with van der Waals surface area (Å²) in [7, 11) is 0. The Labute approximate surface area is 128 Å². The molecule has 0 saturated heterocycles. The van der Waals surface area contributed by atoms with E-state index in [2.05, 4.69) is 76.2 Å². The predicted molar refractivity (Wildman–Crippen MR) is 88.3 cm³/mol. The van der Waals surface area contributed by atoms with Crippen molar-refractivity contribution in [1.29, 1.82) is 0 Å². The van der Waals surface area contributed by atoms with Crippen molar-refractivity contribution in [3.05, 3.63) is 63.0 Å². The van der Waals surface area contributed by atoms with Gasteiger partial charge in [0.05, 0.1) is 0 Å². The minimum atomic E-state index is 0.353. The summed E-state index contributed by atoms with van der Waals surface area (Å²) < 4.78 is 1.28. The van der Waals surface area contributed by atoms with Gasteiger partial charge in [0.25, 0.3) is 0 Å². The molecule has 0 bridgehead atoms. The highest BCUT2D eigenvalue weighted by atomic mass is 127. The molecule has 1 unspecified atom stereocenters. The lowest BCUT2D eigenvalue weighted by Gasteiger charge is -2.19. The third kappa shape index (κ3) is 4.28. The molecule has 0 aliphatic heterocycles. The van der Waals surface area contributed by atoms with Crippen LogP contribution in [0.1, 0.15) is 29.8 Å². The van der Waals surface area contributed by atoms with E-state index in [-0.39, 0.29) is 0 Å². The lowest BCUT2D eigenvalue weighted by molar-refractivity contribution is 0.549. The first-order valence-corrected chi connectivity index (χ1v) is 7.67. The van der Waals surface area contributed by atoms with Gasteiger partial charge < -0.3 is 5.32 Å². The molecule has 100 valence electrons. The zero-order valence-corrected chi connectivity index (χ0v) is 13.5. The Morgan fingerprint density at radius 3 is 2.58 bits per heavy atom. The minimum absolute atomic E-state index is 0.353. The Kier molecular flexibility index (Phi) is 5.34. The normalized spacial score (nSPS) is 12.4. The van der Waals surface area contributed by atoms with E-state index >= 15 is 0 Å². The van der Waals surface area contributed by atoms with Crippen LogP contribution in [0.15, 0.2) is 42.6 Å². The quantitative estimate of drug-likeness (QED) is 0.813. The molecule has 1 N–H and O–H groups in total. The van der Waals surface area contributed by atoms with Crippen LogP contribution in [0, 0.1) is 10.5 Å². The molecule has 1 aromatic carbocycles. The molecule has 0 amide bonds. The first-order valence-electron chi connectivity index (χ1n) is 6.59. The highest BCUT2D eigenvalue weighted by molar-refractivity contribution is 14.1. The molecule has 1 aromatic heterocycles. The average Bonchev–Trinajstić information content (AvgIpc) is 2.41. The summed E-state index contributed by atoms with van der Waals surface area (Å²) in [6, 6.07) is 13.4. The van der Waals surface area contributed by atoms with E-state index in [0.29, 0.717) is 6.04 Å². The van der Waals surface area contributed by atoms with Crippen LogP contribution < -0.4 is 5.32 Å². The first-order chi connectivity index (χ1) is 9.19. The van der Waals surface area contributed by atoms with Gasteiger partial charge >= 0.3 is 0 Å². The number of nitrogens with one attached hydrogen (secondary N) is 1. The highest BCUT2D eigenvalue weighted by Crippen LogP contribution is 2.19. The predicted octanol–water partition coefficient (Wildman–Crippen LogP) is 3.89. The molecule has 0 spiro atoms. The van der Waals surface area contributed by atoms with Gasteiger partial charge in [0.2, 0.25) is 0 Å². The number of aryl methyl sites for hydroxylation is 1. The third-order valence-corrected chi connectivity index (χ3v) is 3.85. The Morgan fingerprint density at radius 2 is 1.95 bits per heavy atom. The molecule has 0 aliphatic rings. The van der Waals surface area contributed by atoms with Gasteiger partial charge in [0, 0.05) is 21.5 Å². The van der Waals surface area contributed by atoms with Crippen molar-refractivity contribution in [3.8, 4) is 0 Å². The van der Waals surface area contributed by atoms with Crippen LogP contribution in [0.5, 0.6) is 0 Å². The Balaban J connectivity index is 2.18. The smallest absolute Gasteiger partial charge is 0.0375 e. The topological polar surface area (TPSA) is 24.9 Å². The number of rotatable bonds is 5. The average molecular weight is 366 g/mol. The van der Waals surface area contributed by atoms with Crippen LogP contribution in [-0.2, 0) is 6.42 Å². The monoisotopic (exact) mass is 366 g/mol. The summed E-state index contributed by atoms with van der Waals surface area (Å²) >= 11 is 2.34. The van der Waals surface area contributed by atoms with Crippen molar-refractivity contribution >= 4 is 22.6 Å². The maximum absolute atomic E-state index is 4.27. The summed E-state index contributed by atoms with van der Waals surface area (Å²) in [5, 5.41) is 3.56. The summed E-state index contributed by atoms with van der Waals surface area (Å²) in [5.74, 6) is 0. The molecule has 0 aliphatic carbocycles. The van der Waals surface area contributed by atoms with Gasteiger partial charge in [0.15, 0.2) is 0 Å². The fraction of sp³-hybridized carbons (Fsp3) is 0.312. The van der Waals surface area contributed by atoms with E-state index in [0.717, 1.165) is 18.7 Å². The van der Waals surface area contributed by atoms with Crippen LogP contribution >= 0.6 is 22.6 Å². The minimum Gasteiger partial charge on any atom is -0.310 e. The standard InChI is InChI=1S/C16H19IN2/c1-3-18-16(14-8-9-19-12(2)10-14)11-13-4-6-15(17)7-5-13/h4-10,16,18H,3,11H2,1-2H3. The molecule has 0 fully saturated rings. The van der Waals surface area contributed by atoms with E-state index in [1.165, 1.54) is 14.7 Å². The first kappa shape index (κ1) is 14.5. The van der Waals surface area contributed by atoms with Crippen molar-refractivity contribution in [2.75, 3.05) is 6.54 Å². The zero-order valence-electron chi connectivity index (χ0n) is 11.4. The van der Waals surface area contributed by atoms with E-state index in [1.54, 1.807) is 0 Å². The van der Waals surface area contributed by atoms with Crippen LogP contribution in [0.2, 0.25) is 0 Å². The number of hydrogen-bond donors (Lipinski definition) is 1. The van der Waals surface area contributed by atoms with Crippen LogP contribution in [0.4, 0.5) is 0 Å². The molecule has 19 heavy (non-hydrogen) atoms. The number of benzene rings is 1. The van der Waals surface area contributed by atoms with Crippen LogP contribution in [0.3, 0.4) is 0 Å². The second kappa shape index (κ2) is 7.01. The lowest BCUT2D eigenvalue weighted by atomic mass is 9.99. The summed E-state index contributed by atoms with van der Waals surface area (Å²) in [6.45, 7) is 5.16. The second-order valence-electron chi connectivity index (χ2n) is 4.67. The van der Waals surface area contributed by atoms with Gasteiger partial charge in [-0.15, -0.1) is 0 Å². The maximum Gasteiger partial charge on any atom is 0.0375 e. The number of nitrogens with zero attached hydrogens (tertiary/aromatic N) is 1. The van der Waals surface area contributed by atoms with Gasteiger partial charge in [-0.25, -0.2) is 0 Å². The summed E-state index contributed by atoms with van der Waals surface area (Å²) in [6.07, 6.45) is 2.90. The molecule has 0 saturated carbocycles. The molecule has 2 aromatic rings. The second-order valence-corrected chi connectivity index (χ2v) is 5.92. The number of likely N-dealkylation sites (N-methyl/N-ethyl adjacent to an activating group) is 1.